The molecule has 7 nitrogen and oxygen atoms in total. The number of aryl methyl sites for hydroxylation is 1. The Hall–Kier alpha value is -3.01. The van der Waals surface area contributed by atoms with Gasteiger partial charge in [0.2, 0.25) is 0 Å². The molecule has 1 amide bonds. The van der Waals surface area contributed by atoms with Crippen LogP contribution >= 0.6 is 22.9 Å². The van der Waals surface area contributed by atoms with E-state index in [1.165, 1.54) is 17.4 Å². The maximum atomic E-state index is 13.7. The van der Waals surface area contributed by atoms with Crippen molar-refractivity contribution < 1.29 is 13.9 Å². The van der Waals surface area contributed by atoms with E-state index in [4.69, 9.17) is 16.3 Å². The number of halogens is 2. The number of nitrogens with one attached hydrogen (secondary N) is 2. The summed E-state index contributed by atoms with van der Waals surface area (Å²) >= 11 is 7.41. The highest BCUT2D eigenvalue weighted by molar-refractivity contribution is 7.12. The van der Waals surface area contributed by atoms with E-state index in [2.05, 4.69) is 20.7 Å². The summed E-state index contributed by atoms with van der Waals surface area (Å²) in [5.74, 6) is -0.614. The Labute approximate surface area is 185 Å². The molecule has 3 aromatic heterocycles. The molecule has 1 aliphatic heterocycles. The zero-order chi connectivity index (χ0) is 21.5. The summed E-state index contributed by atoms with van der Waals surface area (Å²) in [7, 11) is 0. The van der Waals surface area contributed by atoms with E-state index < -0.39 is 5.82 Å². The quantitative estimate of drug-likeness (QED) is 0.462. The third kappa shape index (κ3) is 3.76. The van der Waals surface area contributed by atoms with Gasteiger partial charge in [0.05, 0.1) is 58.1 Å². The number of hydrogen-bond donors (Lipinski definition) is 2. The molecular formula is C21H17ClFN5O2S. The summed E-state index contributed by atoms with van der Waals surface area (Å²) in [5, 5.41) is 13.2. The molecule has 4 aromatic rings. The van der Waals surface area contributed by atoms with Crippen molar-refractivity contribution >= 4 is 51.3 Å². The van der Waals surface area contributed by atoms with Crippen LogP contribution in [0.3, 0.4) is 0 Å². The SMILES string of the molecule is Cc1nc2c(cnn2-c2csc(C(=O)NC3COC3)c2)cc1Nc1cccc(F)c1Cl. The summed E-state index contributed by atoms with van der Waals surface area (Å²) in [6.45, 7) is 2.95. The highest BCUT2D eigenvalue weighted by Crippen LogP contribution is 2.31. The van der Waals surface area contributed by atoms with Gasteiger partial charge in [-0.2, -0.15) is 5.10 Å². The Kier molecular flexibility index (Phi) is 5.09. The second kappa shape index (κ2) is 7.92. The third-order valence-electron chi connectivity index (χ3n) is 4.98. The van der Waals surface area contributed by atoms with Gasteiger partial charge in [-0.3, -0.25) is 4.79 Å². The molecule has 158 valence electrons. The molecule has 1 aromatic carbocycles. The van der Waals surface area contributed by atoms with Crippen LogP contribution in [0.25, 0.3) is 16.7 Å². The molecule has 0 aliphatic carbocycles. The first-order chi connectivity index (χ1) is 15.0. The van der Waals surface area contributed by atoms with Gasteiger partial charge in [0, 0.05) is 10.8 Å². The topological polar surface area (TPSA) is 81.1 Å². The van der Waals surface area contributed by atoms with Crippen LogP contribution in [0.1, 0.15) is 15.4 Å². The number of carbonyl (C=O) groups is 1. The number of hydrogen-bond acceptors (Lipinski definition) is 6. The second-order valence-electron chi connectivity index (χ2n) is 7.19. The van der Waals surface area contributed by atoms with Gasteiger partial charge in [0.1, 0.15) is 5.82 Å². The summed E-state index contributed by atoms with van der Waals surface area (Å²) < 4.78 is 20.5. The number of nitrogens with zero attached hydrogens (tertiary/aromatic N) is 3. The Morgan fingerprint density at radius 1 is 1.32 bits per heavy atom. The second-order valence-corrected chi connectivity index (χ2v) is 8.48. The molecule has 0 spiro atoms. The highest BCUT2D eigenvalue weighted by atomic mass is 35.5. The first-order valence-corrected chi connectivity index (χ1v) is 10.8. The molecular weight excluding hydrogens is 441 g/mol. The van der Waals surface area contributed by atoms with E-state index in [0.29, 0.717) is 40.8 Å². The lowest BCUT2D eigenvalue weighted by Gasteiger charge is -2.26. The van der Waals surface area contributed by atoms with Gasteiger partial charge in [0.25, 0.3) is 5.91 Å². The van der Waals surface area contributed by atoms with Crippen molar-refractivity contribution in [2.75, 3.05) is 18.5 Å². The molecule has 4 heterocycles. The van der Waals surface area contributed by atoms with Crippen LogP contribution in [0, 0.1) is 12.7 Å². The van der Waals surface area contributed by atoms with E-state index in [-0.39, 0.29) is 17.0 Å². The molecule has 10 heteroatoms. The fourth-order valence-electron chi connectivity index (χ4n) is 3.24. The number of carbonyl (C=O) groups excluding carboxylic acids is 1. The van der Waals surface area contributed by atoms with Crippen LogP contribution in [-0.4, -0.2) is 39.9 Å². The molecule has 31 heavy (non-hydrogen) atoms. The van der Waals surface area contributed by atoms with E-state index in [9.17, 15) is 9.18 Å². The maximum Gasteiger partial charge on any atom is 0.261 e. The first kappa shape index (κ1) is 19.9. The van der Waals surface area contributed by atoms with Gasteiger partial charge in [-0.05, 0) is 31.2 Å². The molecule has 2 N–H and O–H groups in total. The maximum absolute atomic E-state index is 13.7. The average molecular weight is 458 g/mol. The Morgan fingerprint density at radius 2 is 2.16 bits per heavy atom. The predicted molar refractivity (Wildman–Crippen MR) is 118 cm³/mol. The normalized spacial score (nSPS) is 13.9. The molecule has 1 aliphatic rings. The molecule has 5 rings (SSSR count). The van der Waals surface area contributed by atoms with Crippen molar-refractivity contribution in [2.24, 2.45) is 0 Å². The van der Waals surface area contributed by atoms with Crippen LogP contribution in [0.4, 0.5) is 15.8 Å². The van der Waals surface area contributed by atoms with E-state index in [1.54, 1.807) is 29.1 Å². The van der Waals surface area contributed by atoms with Gasteiger partial charge in [-0.25, -0.2) is 14.1 Å². The van der Waals surface area contributed by atoms with Crippen molar-refractivity contribution in [1.29, 1.82) is 0 Å². The number of rotatable bonds is 5. The third-order valence-corrected chi connectivity index (χ3v) is 6.28. The van der Waals surface area contributed by atoms with Crippen molar-refractivity contribution in [1.82, 2.24) is 20.1 Å². The zero-order valence-corrected chi connectivity index (χ0v) is 17.9. The molecule has 0 unspecified atom stereocenters. The minimum Gasteiger partial charge on any atom is -0.377 e. The smallest absolute Gasteiger partial charge is 0.261 e. The van der Waals surface area contributed by atoms with E-state index in [0.717, 1.165) is 11.1 Å². The lowest BCUT2D eigenvalue weighted by molar-refractivity contribution is -0.00338. The Bertz CT molecular complexity index is 1300. The minimum absolute atomic E-state index is 0.0234. The number of fused-ring (bicyclic) bond motifs is 1. The number of anilines is 2. The summed E-state index contributed by atoms with van der Waals surface area (Å²) in [6, 6.07) is 8.35. The molecule has 1 saturated heterocycles. The molecule has 0 atom stereocenters. The first-order valence-electron chi connectivity index (χ1n) is 9.53. The number of ether oxygens (including phenoxy) is 1. The zero-order valence-electron chi connectivity index (χ0n) is 16.4. The lowest BCUT2D eigenvalue weighted by atomic mass is 10.2. The Balaban J connectivity index is 1.43. The van der Waals surface area contributed by atoms with Crippen molar-refractivity contribution in [2.45, 2.75) is 13.0 Å². The van der Waals surface area contributed by atoms with Crippen LogP contribution in [0.2, 0.25) is 5.02 Å². The molecule has 0 saturated carbocycles. The largest absolute Gasteiger partial charge is 0.377 e. The monoisotopic (exact) mass is 457 g/mol. The highest BCUT2D eigenvalue weighted by Gasteiger charge is 2.22. The number of amides is 1. The van der Waals surface area contributed by atoms with Gasteiger partial charge in [-0.1, -0.05) is 17.7 Å². The van der Waals surface area contributed by atoms with Gasteiger partial charge in [-0.15, -0.1) is 11.3 Å². The van der Waals surface area contributed by atoms with Gasteiger partial charge >= 0.3 is 0 Å². The minimum atomic E-state index is -0.492. The standard InChI is InChI=1S/C21H17ClFN5O2S/c1-11-17(27-16-4-2-3-15(23)19(16)22)5-12-7-24-28(20(12)25-11)14-6-18(31-10-14)21(29)26-13-8-30-9-13/h2-7,10,13,27H,8-9H2,1H3,(H,26,29). The fraction of sp³-hybridized carbons (Fsp3) is 0.190. The van der Waals surface area contributed by atoms with Gasteiger partial charge in [0.15, 0.2) is 5.65 Å². The van der Waals surface area contributed by atoms with Crippen LogP contribution in [0.5, 0.6) is 0 Å². The Morgan fingerprint density at radius 3 is 2.94 bits per heavy atom. The van der Waals surface area contributed by atoms with E-state index in [1.807, 2.05) is 18.4 Å². The van der Waals surface area contributed by atoms with Crippen molar-refractivity contribution in [3.63, 3.8) is 0 Å². The van der Waals surface area contributed by atoms with Crippen LogP contribution < -0.4 is 10.6 Å². The molecule has 0 bridgehead atoms. The number of thiophene rings is 1. The van der Waals surface area contributed by atoms with Crippen LogP contribution in [-0.2, 0) is 4.74 Å². The number of pyridine rings is 1. The summed E-state index contributed by atoms with van der Waals surface area (Å²) in [6.07, 6.45) is 1.70. The van der Waals surface area contributed by atoms with Crippen LogP contribution in [0.15, 0.2) is 41.9 Å². The number of aromatic nitrogens is 3. The van der Waals surface area contributed by atoms with Crippen molar-refractivity contribution in [3.8, 4) is 5.69 Å². The van der Waals surface area contributed by atoms with Crippen molar-refractivity contribution in [3.05, 3.63) is 63.3 Å². The predicted octanol–water partition coefficient (Wildman–Crippen LogP) is 4.46. The van der Waals surface area contributed by atoms with E-state index >= 15 is 0 Å². The van der Waals surface area contributed by atoms with Gasteiger partial charge < -0.3 is 15.4 Å². The number of benzene rings is 1. The summed E-state index contributed by atoms with van der Waals surface area (Å²) in [5.41, 5.74) is 3.28. The fourth-order valence-corrected chi connectivity index (χ4v) is 4.18. The summed E-state index contributed by atoms with van der Waals surface area (Å²) in [4.78, 5) is 17.6. The molecule has 1 fully saturated rings. The average Bonchev–Trinajstić information content (AvgIpc) is 3.35. The molecule has 0 radical (unpaired) electrons. The lowest BCUT2D eigenvalue weighted by Crippen LogP contribution is -2.48.